The lowest BCUT2D eigenvalue weighted by Gasteiger charge is -2.18. The lowest BCUT2D eigenvalue weighted by atomic mass is 9.87. The molecule has 0 radical (unpaired) electrons. The minimum atomic E-state index is 0.0539. The van der Waals surface area contributed by atoms with E-state index in [0.717, 1.165) is 50.4 Å². The van der Waals surface area contributed by atoms with Crippen LogP contribution in [0.4, 0.5) is 0 Å². The summed E-state index contributed by atoms with van der Waals surface area (Å²) >= 11 is 0. The predicted molar refractivity (Wildman–Crippen MR) is 124 cm³/mol. The molecule has 0 aliphatic rings. The molecule has 7 rings (SSSR count). The normalized spacial score (nSPS) is 13.0. The Bertz CT molecular complexity index is 1820. The van der Waals surface area contributed by atoms with Crippen molar-refractivity contribution in [3.63, 3.8) is 0 Å². The summed E-state index contributed by atoms with van der Waals surface area (Å²) in [5, 5.41) is 0. The van der Waals surface area contributed by atoms with Gasteiger partial charge in [0.2, 0.25) is 17.3 Å². The van der Waals surface area contributed by atoms with Crippen molar-refractivity contribution >= 4 is 50.4 Å². The summed E-state index contributed by atoms with van der Waals surface area (Å²) in [6.45, 7) is 6.68. The van der Waals surface area contributed by atoms with Gasteiger partial charge >= 0.3 is 0 Å². The van der Waals surface area contributed by atoms with Crippen LogP contribution < -0.4 is 0 Å². The highest BCUT2D eigenvalue weighted by atomic mass is 15.3. The van der Waals surface area contributed by atoms with E-state index < -0.39 is 0 Å². The molecule has 0 bridgehead atoms. The fraction of sp³-hybridized carbons (Fsp3) is 0.160. The molecule has 0 fully saturated rings. The van der Waals surface area contributed by atoms with Crippen molar-refractivity contribution < 1.29 is 0 Å². The molecule has 0 aliphatic carbocycles. The van der Waals surface area contributed by atoms with Gasteiger partial charge in [-0.25, -0.2) is 28.2 Å². The van der Waals surface area contributed by atoms with Crippen LogP contribution in [0.5, 0.6) is 0 Å². The number of nitrogens with zero attached hydrogens (tertiary/aromatic N) is 6. The molecule has 0 N–H and O–H groups in total. The first-order valence-electron chi connectivity index (χ1n) is 10.5. The van der Waals surface area contributed by atoms with E-state index in [1.165, 1.54) is 5.56 Å². The first kappa shape index (κ1) is 16.8. The van der Waals surface area contributed by atoms with E-state index in [0.29, 0.717) is 0 Å². The second kappa shape index (κ2) is 5.40. The minimum Gasteiger partial charge on any atom is -0.247 e. The lowest BCUT2D eigenvalue weighted by molar-refractivity contribution is 0.591. The van der Waals surface area contributed by atoms with Crippen LogP contribution in [0.3, 0.4) is 0 Å². The van der Waals surface area contributed by atoms with Crippen molar-refractivity contribution in [1.29, 1.82) is 0 Å². The van der Waals surface area contributed by atoms with Gasteiger partial charge in [-0.1, -0.05) is 51.1 Å². The Hall–Kier alpha value is -3.93. The third-order valence-electron chi connectivity index (χ3n) is 6.19. The SMILES string of the molecule is CC(C)(C)c1ccc2c(c1)nc1n3c4ccccc4nc3n3c4ccccc4nc3n21. The molecule has 4 aromatic heterocycles. The van der Waals surface area contributed by atoms with Gasteiger partial charge in [-0.2, -0.15) is 0 Å². The van der Waals surface area contributed by atoms with Gasteiger partial charge < -0.3 is 0 Å². The van der Waals surface area contributed by atoms with Gasteiger partial charge in [-0.3, -0.25) is 0 Å². The van der Waals surface area contributed by atoms with E-state index in [-0.39, 0.29) is 5.41 Å². The van der Waals surface area contributed by atoms with E-state index >= 15 is 0 Å². The second-order valence-electron chi connectivity index (χ2n) is 9.17. The molecule has 0 unspecified atom stereocenters. The maximum absolute atomic E-state index is 5.09. The van der Waals surface area contributed by atoms with Crippen LogP contribution in [0.15, 0.2) is 66.7 Å². The smallest absolute Gasteiger partial charge is 0.225 e. The lowest BCUT2D eigenvalue weighted by Crippen LogP contribution is -2.10. The summed E-state index contributed by atoms with van der Waals surface area (Å²) in [4.78, 5) is 15.1. The van der Waals surface area contributed by atoms with Crippen LogP contribution in [-0.2, 0) is 5.41 Å². The molecular weight excluding hydrogens is 384 g/mol. The zero-order valence-electron chi connectivity index (χ0n) is 17.5. The Kier molecular flexibility index (Phi) is 2.93. The van der Waals surface area contributed by atoms with Crippen LogP contribution in [-0.4, -0.2) is 28.2 Å². The predicted octanol–water partition coefficient (Wildman–Crippen LogP) is 5.39. The van der Waals surface area contributed by atoms with E-state index in [2.05, 4.69) is 64.3 Å². The van der Waals surface area contributed by atoms with Crippen LogP contribution in [0.25, 0.3) is 50.4 Å². The van der Waals surface area contributed by atoms with Crippen molar-refractivity contribution in [1.82, 2.24) is 28.2 Å². The first-order chi connectivity index (χ1) is 15.0. The number of hydrogen-bond donors (Lipinski definition) is 0. The second-order valence-corrected chi connectivity index (χ2v) is 9.17. The number of para-hydroxylation sites is 4. The highest BCUT2D eigenvalue weighted by Crippen LogP contribution is 2.30. The fourth-order valence-corrected chi connectivity index (χ4v) is 4.60. The quantitative estimate of drug-likeness (QED) is 0.341. The molecule has 0 amide bonds. The molecule has 4 heterocycles. The monoisotopic (exact) mass is 404 g/mol. The third kappa shape index (κ3) is 2.09. The van der Waals surface area contributed by atoms with Crippen molar-refractivity contribution in [2.45, 2.75) is 26.2 Å². The highest BCUT2D eigenvalue weighted by Gasteiger charge is 2.21. The summed E-state index contributed by atoms with van der Waals surface area (Å²) in [7, 11) is 0. The van der Waals surface area contributed by atoms with Gasteiger partial charge in [0, 0.05) is 0 Å². The van der Waals surface area contributed by atoms with Crippen molar-refractivity contribution in [3.05, 3.63) is 72.3 Å². The average Bonchev–Trinajstić information content (AvgIpc) is 3.42. The Balaban J connectivity index is 1.81. The fourth-order valence-electron chi connectivity index (χ4n) is 4.60. The van der Waals surface area contributed by atoms with E-state index in [9.17, 15) is 0 Å². The highest BCUT2D eigenvalue weighted by molar-refractivity contribution is 5.91. The van der Waals surface area contributed by atoms with Crippen LogP contribution >= 0.6 is 0 Å². The summed E-state index contributed by atoms with van der Waals surface area (Å²) in [6, 6.07) is 23.0. The van der Waals surface area contributed by atoms with Gasteiger partial charge in [0.25, 0.3) is 0 Å². The molecule has 31 heavy (non-hydrogen) atoms. The Morgan fingerprint density at radius 3 is 1.52 bits per heavy atom. The number of benzene rings is 3. The average molecular weight is 404 g/mol. The Morgan fingerprint density at radius 1 is 0.548 bits per heavy atom. The van der Waals surface area contributed by atoms with Crippen LogP contribution in [0, 0.1) is 0 Å². The summed E-state index contributed by atoms with van der Waals surface area (Å²) < 4.78 is 6.44. The number of imidazole rings is 3. The standard InChI is InChI=1S/C25H20N6/c1-25(2,3)15-12-13-21-18(14-15)28-24-30-20-11-7-5-9-17(20)26-22(30)29-19-10-6-4-8-16(19)27-23(29)31(21)24/h4-14H,1-3H3. The zero-order chi connectivity index (χ0) is 20.9. The van der Waals surface area contributed by atoms with Crippen LogP contribution in [0.1, 0.15) is 26.3 Å². The maximum Gasteiger partial charge on any atom is 0.225 e. The molecule has 150 valence electrons. The first-order valence-corrected chi connectivity index (χ1v) is 10.5. The molecule has 3 aromatic carbocycles. The molecule has 6 nitrogen and oxygen atoms in total. The summed E-state index contributed by atoms with van der Waals surface area (Å²) in [6.07, 6.45) is 0. The van der Waals surface area contributed by atoms with Gasteiger partial charge in [0.05, 0.1) is 33.1 Å². The van der Waals surface area contributed by atoms with Crippen molar-refractivity contribution in [2.24, 2.45) is 0 Å². The molecule has 6 heteroatoms. The topological polar surface area (TPSA) is 51.9 Å². The minimum absolute atomic E-state index is 0.0539. The Morgan fingerprint density at radius 2 is 1.00 bits per heavy atom. The Labute approximate surface area is 177 Å². The molecule has 0 atom stereocenters. The van der Waals surface area contributed by atoms with E-state index in [1.807, 2.05) is 36.4 Å². The largest absolute Gasteiger partial charge is 0.247 e. The summed E-state index contributed by atoms with van der Waals surface area (Å²) in [5.41, 5.74) is 7.28. The van der Waals surface area contributed by atoms with E-state index in [4.69, 9.17) is 15.0 Å². The van der Waals surface area contributed by atoms with Gasteiger partial charge in [0.1, 0.15) is 0 Å². The number of aromatic nitrogens is 6. The number of fused-ring (bicyclic) bond motifs is 12. The van der Waals surface area contributed by atoms with Crippen molar-refractivity contribution in [3.8, 4) is 0 Å². The molecule has 7 aromatic rings. The number of hydrogen-bond acceptors (Lipinski definition) is 3. The molecule has 0 aliphatic heterocycles. The van der Waals surface area contributed by atoms with Crippen LogP contribution in [0.2, 0.25) is 0 Å². The molecular formula is C25H20N6. The molecule has 0 saturated heterocycles. The molecule has 0 spiro atoms. The van der Waals surface area contributed by atoms with Gasteiger partial charge in [-0.05, 0) is 47.4 Å². The summed E-state index contributed by atoms with van der Waals surface area (Å²) in [5.74, 6) is 2.47. The zero-order valence-corrected chi connectivity index (χ0v) is 17.5. The van der Waals surface area contributed by atoms with Gasteiger partial charge in [0.15, 0.2) is 0 Å². The van der Waals surface area contributed by atoms with Gasteiger partial charge in [-0.15, -0.1) is 0 Å². The van der Waals surface area contributed by atoms with E-state index in [1.54, 1.807) is 0 Å². The molecule has 0 saturated carbocycles. The third-order valence-corrected chi connectivity index (χ3v) is 6.19. The van der Waals surface area contributed by atoms with Crippen molar-refractivity contribution in [2.75, 3.05) is 0 Å². The number of rotatable bonds is 0. The maximum atomic E-state index is 5.09.